The Morgan fingerprint density at radius 3 is 2.48 bits per heavy atom. The van der Waals surface area contributed by atoms with Crippen molar-refractivity contribution in [1.82, 2.24) is 10.2 Å². The lowest BCUT2D eigenvalue weighted by Gasteiger charge is -2.47. The van der Waals surface area contributed by atoms with Gasteiger partial charge in [0, 0.05) is 18.5 Å². The van der Waals surface area contributed by atoms with Gasteiger partial charge in [0.15, 0.2) is 0 Å². The SMILES string of the molecule is CC1(OCC(=O)O)CN(C(=O)CC2CC3CCC(C2)N3)C1. The Bertz CT molecular complexity index is 421. The third-order valence-corrected chi connectivity index (χ3v) is 4.98. The number of likely N-dealkylation sites (tertiary alicyclic amines) is 1. The van der Waals surface area contributed by atoms with Gasteiger partial charge in [-0.1, -0.05) is 0 Å². The van der Waals surface area contributed by atoms with Gasteiger partial charge in [0.25, 0.3) is 0 Å². The van der Waals surface area contributed by atoms with E-state index in [-0.39, 0.29) is 12.5 Å². The van der Waals surface area contributed by atoms with Crippen molar-refractivity contribution in [2.75, 3.05) is 19.7 Å². The third-order valence-electron chi connectivity index (χ3n) is 4.98. The molecule has 3 fully saturated rings. The van der Waals surface area contributed by atoms with Crippen LogP contribution in [-0.4, -0.2) is 59.3 Å². The summed E-state index contributed by atoms with van der Waals surface area (Å²) in [6.45, 7) is 2.59. The molecule has 0 spiro atoms. The highest BCUT2D eigenvalue weighted by atomic mass is 16.5. The van der Waals surface area contributed by atoms with Crippen molar-refractivity contribution in [3.8, 4) is 0 Å². The fourth-order valence-corrected chi connectivity index (χ4v) is 3.98. The number of amides is 1. The summed E-state index contributed by atoms with van der Waals surface area (Å²) in [5.74, 6) is -0.271. The molecule has 3 aliphatic rings. The number of carboxylic acids is 1. The molecule has 118 valence electrons. The summed E-state index contributed by atoms with van der Waals surface area (Å²) in [4.78, 5) is 24.6. The number of carbonyl (C=O) groups is 2. The molecule has 6 nitrogen and oxygen atoms in total. The van der Waals surface area contributed by atoms with E-state index in [1.165, 1.54) is 12.8 Å². The maximum Gasteiger partial charge on any atom is 0.329 e. The number of fused-ring (bicyclic) bond motifs is 2. The van der Waals surface area contributed by atoms with Crippen LogP contribution in [0, 0.1) is 5.92 Å². The van der Waals surface area contributed by atoms with E-state index in [2.05, 4.69) is 5.32 Å². The zero-order valence-electron chi connectivity index (χ0n) is 12.5. The summed E-state index contributed by atoms with van der Waals surface area (Å²) in [7, 11) is 0. The lowest BCUT2D eigenvalue weighted by atomic mass is 9.88. The molecule has 3 aliphatic heterocycles. The van der Waals surface area contributed by atoms with E-state index in [9.17, 15) is 9.59 Å². The molecule has 2 bridgehead atoms. The van der Waals surface area contributed by atoms with Crippen LogP contribution in [-0.2, 0) is 14.3 Å². The van der Waals surface area contributed by atoms with E-state index < -0.39 is 11.6 Å². The van der Waals surface area contributed by atoms with Crippen LogP contribution in [0.4, 0.5) is 0 Å². The maximum atomic E-state index is 12.3. The lowest BCUT2D eigenvalue weighted by Crippen LogP contribution is -2.63. The van der Waals surface area contributed by atoms with Crippen LogP contribution in [0.1, 0.15) is 39.0 Å². The van der Waals surface area contributed by atoms with E-state index in [1.54, 1.807) is 4.90 Å². The predicted octanol–water partition coefficient (Wildman–Crippen LogP) is 0.609. The highest BCUT2D eigenvalue weighted by Gasteiger charge is 2.43. The number of carbonyl (C=O) groups excluding carboxylic acids is 1. The summed E-state index contributed by atoms with van der Waals surface area (Å²) in [5, 5.41) is 12.2. The molecule has 6 heteroatoms. The van der Waals surface area contributed by atoms with Crippen LogP contribution in [0.3, 0.4) is 0 Å². The molecule has 0 saturated carbocycles. The molecular formula is C15H24N2O4. The van der Waals surface area contributed by atoms with Crippen molar-refractivity contribution in [2.45, 2.75) is 56.7 Å². The number of ether oxygens (including phenoxy) is 1. The maximum absolute atomic E-state index is 12.3. The van der Waals surface area contributed by atoms with Gasteiger partial charge in [0.05, 0.1) is 13.1 Å². The predicted molar refractivity (Wildman–Crippen MR) is 75.9 cm³/mol. The Labute approximate surface area is 124 Å². The van der Waals surface area contributed by atoms with Gasteiger partial charge in [-0.05, 0) is 38.5 Å². The second kappa shape index (κ2) is 5.57. The number of nitrogens with one attached hydrogen (secondary N) is 1. The lowest BCUT2D eigenvalue weighted by molar-refractivity contribution is -0.173. The van der Waals surface area contributed by atoms with Gasteiger partial charge in [-0.3, -0.25) is 4.79 Å². The molecule has 2 unspecified atom stereocenters. The minimum Gasteiger partial charge on any atom is -0.480 e. The number of hydrogen-bond acceptors (Lipinski definition) is 4. The van der Waals surface area contributed by atoms with Crippen LogP contribution in [0.5, 0.6) is 0 Å². The summed E-state index contributed by atoms with van der Waals surface area (Å²) in [5.41, 5.74) is -0.485. The van der Waals surface area contributed by atoms with E-state index in [1.807, 2.05) is 6.92 Å². The van der Waals surface area contributed by atoms with Crippen molar-refractivity contribution in [2.24, 2.45) is 5.92 Å². The minimum absolute atomic E-state index is 0.192. The summed E-state index contributed by atoms with van der Waals surface area (Å²) in [6.07, 6.45) is 5.36. The average Bonchev–Trinajstić information content (AvgIpc) is 2.72. The Hall–Kier alpha value is -1.14. The van der Waals surface area contributed by atoms with Gasteiger partial charge < -0.3 is 20.1 Å². The molecule has 1 amide bonds. The first-order valence-corrected chi connectivity index (χ1v) is 7.83. The summed E-state index contributed by atoms with van der Waals surface area (Å²) in [6, 6.07) is 1.23. The number of piperidine rings is 1. The highest BCUT2D eigenvalue weighted by Crippen LogP contribution is 2.34. The zero-order chi connectivity index (χ0) is 15.0. The normalized spacial score (nSPS) is 33.6. The summed E-state index contributed by atoms with van der Waals surface area (Å²) >= 11 is 0. The van der Waals surface area contributed by atoms with Crippen LogP contribution in [0.15, 0.2) is 0 Å². The molecule has 2 atom stereocenters. The first kappa shape index (κ1) is 14.8. The zero-order valence-corrected chi connectivity index (χ0v) is 12.5. The highest BCUT2D eigenvalue weighted by molar-refractivity contribution is 5.77. The first-order chi connectivity index (χ1) is 9.93. The van der Waals surface area contributed by atoms with Crippen LogP contribution in [0.25, 0.3) is 0 Å². The van der Waals surface area contributed by atoms with E-state index in [0.717, 1.165) is 12.8 Å². The van der Waals surface area contributed by atoms with Crippen LogP contribution < -0.4 is 5.32 Å². The quantitative estimate of drug-likeness (QED) is 0.777. The molecule has 3 rings (SSSR count). The second-order valence-corrected chi connectivity index (χ2v) is 7.06. The number of aliphatic carboxylic acids is 1. The first-order valence-electron chi connectivity index (χ1n) is 7.83. The third kappa shape index (κ3) is 3.37. The topological polar surface area (TPSA) is 78.9 Å². The van der Waals surface area contributed by atoms with Gasteiger partial charge in [0.2, 0.25) is 5.91 Å². The molecule has 0 aromatic rings. The fourth-order valence-electron chi connectivity index (χ4n) is 3.98. The van der Waals surface area contributed by atoms with Crippen molar-refractivity contribution >= 4 is 11.9 Å². The molecule has 0 aromatic carbocycles. The Morgan fingerprint density at radius 1 is 1.29 bits per heavy atom. The molecule has 3 heterocycles. The molecule has 0 radical (unpaired) electrons. The van der Waals surface area contributed by atoms with E-state index >= 15 is 0 Å². The Balaban J connectivity index is 1.42. The number of nitrogens with zero attached hydrogens (tertiary/aromatic N) is 1. The average molecular weight is 296 g/mol. The van der Waals surface area contributed by atoms with Gasteiger partial charge in [-0.15, -0.1) is 0 Å². The van der Waals surface area contributed by atoms with Gasteiger partial charge >= 0.3 is 5.97 Å². The molecule has 3 saturated heterocycles. The largest absolute Gasteiger partial charge is 0.480 e. The Morgan fingerprint density at radius 2 is 1.90 bits per heavy atom. The van der Waals surface area contributed by atoms with Gasteiger partial charge in [0.1, 0.15) is 12.2 Å². The van der Waals surface area contributed by atoms with Crippen molar-refractivity contribution in [3.05, 3.63) is 0 Å². The molecule has 2 N–H and O–H groups in total. The molecule has 21 heavy (non-hydrogen) atoms. The Kier molecular flexibility index (Phi) is 3.92. The van der Waals surface area contributed by atoms with E-state index in [0.29, 0.717) is 37.5 Å². The van der Waals surface area contributed by atoms with Crippen LogP contribution >= 0.6 is 0 Å². The van der Waals surface area contributed by atoms with E-state index in [4.69, 9.17) is 9.84 Å². The fraction of sp³-hybridized carbons (Fsp3) is 0.867. The number of rotatable bonds is 5. The summed E-state index contributed by atoms with van der Waals surface area (Å²) < 4.78 is 5.34. The van der Waals surface area contributed by atoms with Crippen molar-refractivity contribution < 1.29 is 19.4 Å². The van der Waals surface area contributed by atoms with Gasteiger partial charge in [-0.25, -0.2) is 4.79 Å². The molecule has 0 aromatic heterocycles. The van der Waals surface area contributed by atoms with Crippen molar-refractivity contribution in [1.29, 1.82) is 0 Å². The monoisotopic (exact) mass is 296 g/mol. The smallest absolute Gasteiger partial charge is 0.329 e. The standard InChI is InChI=1S/C15H24N2O4/c1-15(21-7-14(19)20)8-17(9-15)13(18)6-10-4-11-2-3-12(5-10)16-11/h10-12,16H,2-9H2,1H3,(H,19,20). The number of carboxylic acid groups (broad SMARTS) is 1. The second-order valence-electron chi connectivity index (χ2n) is 7.06. The van der Waals surface area contributed by atoms with Crippen molar-refractivity contribution in [3.63, 3.8) is 0 Å². The number of hydrogen-bond donors (Lipinski definition) is 2. The molecule has 0 aliphatic carbocycles. The molecular weight excluding hydrogens is 272 g/mol. The van der Waals surface area contributed by atoms with Crippen LogP contribution in [0.2, 0.25) is 0 Å². The minimum atomic E-state index is -0.966. The van der Waals surface area contributed by atoms with Gasteiger partial charge in [-0.2, -0.15) is 0 Å².